The summed E-state index contributed by atoms with van der Waals surface area (Å²) in [5.74, 6) is 0.657. The first-order valence-corrected chi connectivity index (χ1v) is 4.64. The summed E-state index contributed by atoms with van der Waals surface area (Å²) in [7, 11) is 0. The molecule has 0 bridgehead atoms. The Kier molecular flexibility index (Phi) is 2.10. The quantitative estimate of drug-likeness (QED) is 0.698. The molecule has 2 heterocycles. The van der Waals surface area contributed by atoms with Gasteiger partial charge in [0.15, 0.2) is 6.23 Å². The molecule has 1 aromatic rings. The van der Waals surface area contributed by atoms with Gasteiger partial charge in [-0.3, -0.25) is 4.98 Å². The Morgan fingerprint density at radius 1 is 1.58 bits per heavy atom. The Hall–Kier alpha value is -0.870. The number of hydrogen-bond acceptors (Lipinski definition) is 4. The lowest BCUT2D eigenvalue weighted by atomic mass is 10.3. The maximum absolute atomic E-state index is 9.13. The standard InChI is InChI=1S/C8H8N2OS/c11-7-5-12-8(10-7)6-2-1-3-9-4-6/h1-4,7,11H,5H2. The van der Waals surface area contributed by atoms with Gasteiger partial charge in [0.05, 0.1) is 0 Å². The van der Waals surface area contributed by atoms with Gasteiger partial charge in [-0.2, -0.15) is 0 Å². The van der Waals surface area contributed by atoms with Crippen molar-refractivity contribution in [3.8, 4) is 0 Å². The molecular formula is C8H8N2OS. The van der Waals surface area contributed by atoms with E-state index < -0.39 is 6.23 Å². The van der Waals surface area contributed by atoms with Crippen molar-refractivity contribution in [2.75, 3.05) is 5.75 Å². The monoisotopic (exact) mass is 180 g/mol. The fourth-order valence-electron chi connectivity index (χ4n) is 1.01. The third-order valence-corrected chi connectivity index (χ3v) is 2.62. The fourth-order valence-corrected chi connectivity index (χ4v) is 1.88. The molecule has 0 aliphatic carbocycles. The van der Waals surface area contributed by atoms with Gasteiger partial charge in [0.1, 0.15) is 5.04 Å². The third-order valence-electron chi connectivity index (χ3n) is 1.54. The summed E-state index contributed by atoms with van der Waals surface area (Å²) in [6.07, 6.45) is 2.94. The predicted octanol–water partition coefficient (Wildman–Crippen LogP) is 0.893. The van der Waals surface area contributed by atoms with Gasteiger partial charge in [0.25, 0.3) is 0 Å². The molecule has 4 heteroatoms. The van der Waals surface area contributed by atoms with E-state index in [0.717, 1.165) is 10.6 Å². The maximum Gasteiger partial charge on any atom is 0.155 e. The SMILES string of the molecule is OC1CSC(c2cccnc2)=N1. The van der Waals surface area contributed by atoms with Gasteiger partial charge < -0.3 is 5.11 Å². The zero-order valence-electron chi connectivity index (χ0n) is 6.34. The molecular weight excluding hydrogens is 172 g/mol. The average Bonchev–Trinajstić information content (AvgIpc) is 2.54. The highest BCUT2D eigenvalue weighted by Crippen LogP contribution is 2.21. The van der Waals surface area contributed by atoms with Gasteiger partial charge in [-0.05, 0) is 12.1 Å². The van der Waals surface area contributed by atoms with Crippen molar-refractivity contribution >= 4 is 16.8 Å². The van der Waals surface area contributed by atoms with E-state index in [0.29, 0.717) is 5.75 Å². The van der Waals surface area contributed by atoms with E-state index in [2.05, 4.69) is 9.98 Å². The third kappa shape index (κ3) is 1.49. The summed E-state index contributed by atoms with van der Waals surface area (Å²) in [6.45, 7) is 0. The fraction of sp³-hybridized carbons (Fsp3) is 0.250. The number of aliphatic hydroxyl groups excluding tert-OH is 1. The Balaban J connectivity index is 2.27. The van der Waals surface area contributed by atoms with E-state index in [1.54, 1.807) is 24.2 Å². The van der Waals surface area contributed by atoms with Crippen LogP contribution in [0.2, 0.25) is 0 Å². The van der Waals surface area contributed by atoms with Gasteiger partial charge in [-0.15, -0.1) is 11.8 Å². The van der Waals surface area contributed by atoms with Crippen LogP contribution in [0.25, 0.3) is 0 Å². The average molecular weight is 180 g/mol. The first-order valence-electron chi connectivity index (χ1n) is 3.65. The molecule has 1 aliphatic rings. The highest BCUT2D eigenvalue weighted by molar-refractivity contribution is 8.14. The summed E-state index contributed by atoms with van der Waals surface area (Å²) in [6, 6.07) is 3.81. The second-order valence-corrected chi connectivity index (χ2v) is 3.48. The molecule has 0 amide bonds. The van der Waals surface area contributed by atoms with E-state index in [-0.39, 0.29) is 0 Å². The maximum atomic E-state index is 9.13. The second-order valence-electron chi connectivity index (χ2n) is 2.47. The molecule has 0 radical (unpaired) electrons. The summed E-state index contributed by atoms with van der Waals surface area (Å²) >= 11 is 1.56. The van der Waals surface area contributed by atoms with E-state index >= 15 is 0 Å². The van der Waals surface area contributed by atoms with Crippen molar-refractivity contribution in [3.63, 3.8) is 0 Å². The van der Waals surface area contributed by atoms with Crippen LogP contribution >= 0.6 is 11.8 Å². The molecule has 0 aromatic carbocycles. The van der Waals surface area contributed by atoms with E-state index in [4.69, 9.17) is 5.11 Å². The molecule has 1 N–H and O–H groups in total. The van der Waals surface area contributed by atoms with Crippen molar-refractivity contribution in [1.29, 1.82) is 0 Å². The summed E-state index contributed by atoms with van der Waals surface area (Å²) in [4.78, 5) is 8.03. The van der Waals surface area contributed by atoms with E-state index in [1.807, 2.05) is 12.1 Å². The van der Waals surface area contributed by atoms with Gasteiger partial charge in [0, 0.05) is 23.7 Å². The van der Waals surface area contributed by atoms with Crippen LogP contribution in [0, 0.1) is 0 Å². The van der Waals surface area contributed by atoms with E-state index in [1.165, 1.54) is 0 Å². The number of pyridine rings is 1. The summed E-state index contributed by atoms with van der Waals surface area (Å²) in [5, 5.41) is 10.0. The molecule has 1 aliphatic heterocycles. The van der Waals surface area contributed by atoms with E-state index in [9.17, 15) is 0 Å². The summed E-state index contributed by atoms with van der Waals surface area (Å²) < 4.78 is 0. The minimum atomic E-state index is -0.537. The van der Waals surface area contributed by atoms with Crippen molar-refractivity contribution < 1.29 is 5.11 Å². The van der Waals surface area contributed by atoms with Crippen LogP contribution in [0.5, 0.6) is 0 Å². The highest BCUT2D eigenvalue weighted by atomic mass is 32.2. The minimum Gasteiger partial charge on any atom is -0.371 e. The van der Waals surface area contributed by atoms with Gasteiger partial charge >= 0.3 is 0 Å². The molecule has 1 unspecified atom stereocenters. The molecule has 0 spiro atoms. The predicted molar refractivity (Wildman–Crippen MR) is 49.2 cm³/mol. The molecule has 0 fully saturated rings. The van der Waals surface area contributed by atoms with Crippen LogP contribution in [0.3, 0.4) is 0 Å². The number of rotatable bonds is 1. The van der Waals surface area contributed by atoms with Crippen molar-refractivity contribution in [1.82, 2.24) is 4.98 Å². The number of hydrogen-bond donors (Lipinski definition) is 1. The zero-order valence-corrected chi connectivity index (χ0v) is 7.16. The lowest BCUT2D eigenvalue weighted by Crippen LogP contribution is -1.98. The minimum absolute atomic E-state index is 0.537. The molecule has 3 nitrogen and oxygen atoms in total. The molecule has 62 valence electrons. The normalized spacial score (nSPS) is 22.4. The van der Waals surface area contributed by atoms with Crippen LogP contribution in [-0.2, 0) is 0 Å². The number of aliphatic imine (C=N–C) groups is 1. The lowest BCUT2D eigenvalue weighted by Gasteiger charge is -1.95. The number of thioether (sulfide) groups is 1. The summed E-state index contributed by atoms with van der Waals surface area (Å²) in [5.41, 5.74) is 0.985. The number of nitrogens with zero attached hydrogens (tertiary/aromatic N) is 2. The van der Waals surface area contributed by atoms with Crippen LogP contribution in [0.15, 0.2) is 29.5 Å². The first kappa shape index (κ1) is 7.76. The molecule has 0 saturated heterocycles. The number of aliphatic hydroxyl groups is 1. The van der Waals surface area contributed by atoms with Gasteiger partial charge in [0.2, 0.25) is 0 Å². The van der Waals surface area contributed by atoms with Crippen LogP contribution < -0.4 is 0 Å². The largest absolute Gasteiger partial charge is 0.371 e. The van der Waals surface area contributed by atoms with Crippen LogP contribution in [-0.4, -0.2) is 27.1 Å². The Labute approximate surface area is 74.6 Å². The molecule has 1 aromatic heterocycles. The van der Waals surface area contributed by atoms with Crippen molar-refractivity contribution in [3.05, 3.63) is 30.1 Å². The Morgan fingerprint density at radius 3 is 3.08 bits per heavy atom. The lowest BCUT2D eigenvalue weighted by molar-refractivity contribution is 0.213. The zero-order chi connectivity index (χ0) is 8.39. The molecule has 2 rings (SSSR count). The van der Waals surface area contributed by atoms with Crippen LogP contribution in [0.4, 0.5) is 0 Å². The highest BCUT2D eigenvalue weighted by Gasteiger charge is 2.16. The van der Waals surface area contributed by atoms with Crippen molar-refractivity contribution in [2.24, 2.45) is 4.99 Å². The Bertz CT molecular complexity index is 299. The Morgan fingerprint density at radius 2 is 2.50 bits per heavy atom. The van der Waals surface area contributed by atoms with Crippen LogP contribution in [0.1, 0.15) is 5.56 Å². The van der Waals surface area contributed by atoms with Gasteiger partial charge in [-0.1, -0.05) is 0 Å². The van der Waals surface area contributed by atoms with Gasteiger partial charge in [-0.25, -0.2) is 4.99 Å². The first-order chi connectivity index (χ1) is 5.86. The molecule has 12 heavy (non-hydrogen) atoms. The second kappa shape index (κ2) is 3.25. The topological polar surface area (TPSA) is 45.5 Å². The number of aromatic nitrogens is 1. The van der Waals surface area contributed by atoms with Crippen molar-refractivity contribution in [2.45, 2.75) is 6.23 Å². The molecule has 1 atom stereocenters. The molecule has 0 saturated carbocycles. The smallest absolute Gasteiger partial charge is 0.155 e.